The SMILES string of the molecule is Cc1ccc(C)c(OC(C)CC(=O)O)c1C. The van der Waals surface area contributed by atoms with E-state index < -0.39 is 5.97 Å². The van der Waals surface area contributed by atoms with Crippen LogP contribution in [0.25, 0.3) is 0 Å². The van der Waals surface area contributed by atoms with Crippen LogP contribution < -0.4 is 4.74 Å². The second-order valence-corrected chi connectivity index (χ2v) is 4.18. The predicted molar refractivity (Wildman–Crippen MR) is 63.0 cm³/mol. The molecule has 3 heteroatoms. The molecule has 16 heavy (non-hydrogen) atoms. The van der Waals surface area contributed by atoms with Crippen LogP contribution in [0.3, 0.4) is 0 Å². The highest BCUT2D eigenvalue weighted by molar-refractivity contribution is 5.67. The maximum Gasteiger partial charge on any atom is 0.307 e. The van der Waals surface area contributed by atoms with Gasteiger partial charge in [-0.3, -0.25) is 4.79 Å². The lowest BCUT2D eigenvalue weighted by molar-refractivity contribution is -0.138. The zero-order chi connectivity index (χ0) is 12.3. The lowest BCUT2D eigenvalue weighted by atomic mass is 10.1. The van der Waals surface area contributed by atoms with Gasteiger partial charge in [-0.25, -0.2) is 0 Å². The van der Waals surface area contributed by atoms with Gasteiger partial charge in [-0.1, -0.05) is 12.1 Å². The van der Waals surface area contributed by atoms with E-state index in [1.165, 1.54) is 0 Å². The van der Waals surface area contributed by atoms with Gasteiger partial charge in [0.25, 0.3) is 0 Å². The third kappa shape index (κ3) is 2.99. The Balaban J connectivity index is 2.88. The second kappa shape index (κ2) is 5.01. The Labute approximate surface area is 96.1 Å². The van der Waals surface area contributed by atoms with Gasteiger partial charge in [0.15, 0.2) is 0 Å². The lowest BCUT2D eigenvalue weighted by Gasteiger charge is -2.18. The highest BCUT2D eigenvalue weighted by Gasteiger charge is 2.13. The molecule has 0 spiro atoms. The molecule has 0 saturated heterocycles. The summed E-state index contributed by atoms with van der Waals surface area (Å²) in [7, 11) is 0. The first-order valence-corrected chi connectivity index (χ1v) is 5.37. The minimum atomic E-state index is -0.838. The van der Waals surface area contributed by atoms with E-state index in [0.717, 1.165) is 22.4 Å². The van der Waals surface area contributed by atoms with Crippen molar-refractivity contribution in [2.24, 2.45) is 0 Å². The first-order chi connectivity index (χ1) is 7.41. The van der Waals surface area contributed by atoms with E-state index in [0.29, 0.717) is 0 Å². The Bertz CT molecular complexity index is 396. The maximum absolute atomic E-state index is 10.6. The number of rotatable bonds is 4. The van der Waals surface area contributed by atoms with Gasteiger partial charge in [-0.2, -0.15) is 0 Å². The van der Waals surface area contributed by atoms with Gasteiger partial charge in [0.05, 0.1) is 6.42 Å². The van der Waals surface area contributed by atoms with Crippen molar-refractivity contribution in [1.29, 1.82) is 0 Å². The number of carbonyl (C=O) groups is 1. The van der Waals surface area contributed by atoms with Gasteiger partial charge >= 0.3 is 5.97 Å². The molecule has 0 bridgehead atoms. The van der Waals surface area contributed by atoms with Crippen LogP contribution in [0.2, 0.25) is 0 Å². The molecule has 1 N–H and O–H groups in total. The number of carboxylic acids is 1. The summed E-state index contributed by atoms with van der Waals surface area (Å²) in [6, 6.07) is 4.03. The minimum absolute atomic E-state index is 0.0207. The van der Waals surface area contributed by atoms with Gasteiger partial charge in [-0.15, -0.1) is 0 Å². The molecule has 0 aliphatic heterocycles. The monoisotopic (exact) mass is 222 g/mol. The number of hydrogen-bond donors (Lipinski definition) is 1. The largest absolute Gasteiger partial charge is 0.490 e. The topological polar surface area (TPSA) is 46.5 Å². The van der Waals surface area contributed by atoms with E-state index in [9.17, 15) is 4.79 Å². The number of aryl methyl sites for hydroxylation is 2. The van der Waals surface area contributed by atoms with E-state index in [2.05, 4.69) is 0 Å². The fourth-order valence-electron chi connectivity index (χ4n) is 1.60. The van der Waals surface area contributed by atoms with Crippen LogP contribution in [0.5, 0.6) is 5.75 Å². The summed E-state index contributed by atoms with van der Waals surface area (Å²) in [4.78, 5) is 10.6. The Morgan fingerprint density at radius 1 is 1.31 bits per heavy atom. The average Bonchev–Trinajstić information content (AvgIpc) is 2.17. The van der Waals surface area contributed by atoms with Crippen molar-refractivity contribution in [3.8, 4) is 5.75 Å². The standard InChI is InChI=1S/C13H18O3/c1-8-5-6-9(2)13(11(8)4)16-10(3)7-12(14)15/h5-6,10H,7H2,1-4H3,(H,14,15). The van der Waals surface area contributed by atoms with Gasteiger partial charge in [0, 0.05) is 0 Å². The molecule has 0 aliphatic rings. The molecule has 88 valence electrons. The smallest absolute Gasteiger partial charge is 0.307 e. The molecule has 0 aliphatic carbocycles. The zero-order valence-electron chi connectivity index (χ0n) is 10.2. The van der Waals surface area contributed by atoms with Crippen molar-refractivity contribution < 1.29 is 14.6 Å². The van der Waals surface area contributed by atoms with Crippen LogP contribution in [0, 0.1) is 20.8 Å². The van der Waals surface area contributed by atoms with Gasteiger partial charge in [0.1, 0.15) is 11.9 Å². The van der Waals surface area contributed by atoms with Crippen LogP contribution in [0.4, 0.5) is 0 Å². The summed E-state index contributed by atoms with van der Waals surface area (Å²) in [5, 5.41) is 8.68. The fourth-order valence-corrected chi connectivity index (χ4v) is 1.60. The second-order valence-electron chi connectivity index (χ2n) is 4.18. The molecule has 0 saturated carbocycles. The predicted octanol–water partition coefficient (Wildman–Crippen LogP) is 2.85. The van der Waals surface area contributed by atoms with Crippen molar-refractivity contribution in [3.63, 3.8) is 0 Å². The summed E-state index contributed by atoms with van der Waals surface area (Å²) < 4.78 is 5.69. The Morgan fingerprint density at radius 3 is 2.44 bits per heavy atom. The Morgan fingerprint density at radius 2 is 1.88 bits per heavy atom. The highest BCUT2D eigenvalue weighted by atomic mass is 16.5. The number of carboxylic acid groups (broad SMARTS) is 1. The van der Waals surface area contributed by atoms with Crippen molar-refractivity contribution in [1.82, 2.24) is 0 Å². The minimum Gasteiger partial charge on any atom is -0.490 e. The number of ether oxygens (including phenoxy) is 1. The summed E-state index contributed by atoms with van der Waals surface area (Å²) >= 11 is 0. The van der Waals surface area contributed by atoms with Crippen molar-refractivity contribution in [2.75, 3.05) is 0 Å². The fraction of sp³-hybridized carbons (Fsp3) is 0.462. The molecule has 1 aromatic carbocycles. The number of hydrogen-bond acceptors (Lipinski definition) is 2. The number of benzene rings is 1. The molecule has 0 fully saturated rings. The molecular formula is C13H18O3. The van der Waals surface area contributed by atoms with Crippen LogP contribution in [-0.4, -0.2) is 17.2 Å². The van der Waals surface area contributed by atoms with Gasteiger partial charge in [0.2, 0.25) is 0 Å². The Kier molecular flexibility index (Phi) is 3.93. The normalized spacial score (nSPS) is 12.2. The van der Waals surface area contributed by atoms with Crippen molar-refractivity contribution in [2.45, 2.75) is 40.2 Å². The summed E-state index contributed by atoms with van der Waals surface area (Å²) in [6.07, 6.45) is -0.288. The molecule has 1 aromatic rings. The summed E-state index contributed by atoms with van der Waals surface area (Å²) in [5.41, 5.74) is 3.28. The van der Waals surface area contributed by atoms with Crippen LogP contribution >= 0.6 is 0 Å². The van der Waals surface area contributed by atoms with Crippen molar-refractivity contribution in [3.05, 3.63) is 28.8 Å². The average molecular weight is 222 g/mol. The first kappa shape index (κ1) is 12.6. The van der Waals surface area contributed by atoms with E-state index >= 15 is 0 Å². The van der Waals surface area contributed by atoms with E-state index in [1.54, 1.807) is 6.92 Å². The molecule has 1 unspecified atom stereocenters. The third-order valence-electron chi connectivity index (χ3n) is 2.65. The van der Waals surface area contributed by atoms with Gasteiger partial charge in [-0.05, 0) is 44.4 Å². The van der Waals surface area contributed by atoms with Gasteiger partial charge < -0.3 is 9.84 Å². The van der Waals surface area contributed by atoms with Crippen LogP contribution in [0.1, 0.15) is 30.0 Å². The van der Waals surface area contributed by atoms with E-state index in [4.69, 9.17) is 9.84 Å². The molecule has 0 aromatic heterocycles. The molecule has 1 atom stereocenters. The maximum atomic E-state index is 10.6. The summed E-state index contributed by atoms with van der Waals surface area (Å²) in [6.45, 7) is 7.75. The molecule has 0 radical (unpaired) electrons. The van der Waals surface area contributed by atoms with E-state index in [1.807, 2.05) is 32.9 Å². The molecular weight excluding hydrogens is 204 g/mol. The molecule has 1 rings (SSSR count). The summed E-state index contributed by atoms with van der Waals surface area (Å²) in [5.74, 6) is -0.0239. The third-order valence-corrected chi connectivity index (χ3v) is 2.65. The van der Waals surface area contributed by atoms with E-state index in [-0.39, 0.29) is 12.5 Å². The Hall–Kier alpha value is -1.51. The molecule has 3 nitrogen and oxygen atoms in total. The lowest BCUT2D eigenvalue weighted by Crippen LogP contribution is -2.17. The van der Waals surface area contributed by atoms with Crippen molar-refractivity contribution >= 4 is 5.97 Å². The van der Waals surface area contributed by atoms with Crippen LogP contribution in [-0.2, 0) is 4.79 Å². The first-order valence-electron chi connectivity index (χ1n) is 5.37. The van der Waals surface area contributed by atoms with Crippen LogP contribution in [0.15, 0.2) is 12.1 Å². The zero-order valence-corrected chi connectivity index (χ0v) is 10.2. The quantitative estimate of drug-likeness (QED) is 0.852. The highest BCUT2D eigenvalue weighted by Crippen LogP contribution is 2.27. The molecule has 0 amide bonds. The molecule has 0 heterocycles. The number of aliphatic carboxylic acids is 1.